The molecule has 0 aliphatic carbocycles. The zero-order chi connectivity index (χ0) is 22.8. The van der Waals surface area contributed by atoms with Crippen molar-refractivity contribution in [2.45, 2.75) is 37.6 Å². The Bertz CT molecular complexity index is 1180. The van der Waals surface area contributed by atoms with Crippen molar-refractivity contribution in [3.05, 3.63) is 57.8 Å². The zero-order valence-corrected chi connectivity index (χ0v) is 17.9. The maximum atomic E-state index is 12.4. The van der Waals surface area contributed by atoms with Crippen LogP contribution in [0.15, 0.2) is 55.2 Å². The zero-order valence-electron chi connectivity index (χ0n) is 17.1. The number of hydrogen-bond donors (Lipinski definition) is 1. The number of fused-ring (bicyclic) bond motifs is 1. The molecule has 1 amide bonds. The summed E-state index contributed by atoms with van der Waals surface area (Å²) >= 11 is 0. The fourth-order valence-electron chi connectivity index (χ4n) is 2.82. The number of carbonyl (C=O) groups is 1. The van der Waals surface area contributed by atoms with Gasteiger partial charge in [-0.15, -0.1) is 4.40 Å². The Morgan fingerprint density at radius 2 is 2.00 bits per heavy atom. The number of nitro groups is 1. The number of rotatable bonds is 6. The van der Waals surface area contributed by atoms with Gasteiger partial charge in [-0.1, -0.05) is 12.1 Å². The molecular formula is C19H21N5O6S. The van der Waals surface area contributed by atoms with E-state index in [0.29, 0.717) is 5.56 Å². The first-order chi connectivity index (χ1) is 14.5. The van der Waals surface area contributed by atoms with E-state index in [1.54, 1.807) is 18.2 Å². The van der Waals surface area contributed by atoms with Crippen molar-refractivity contribution >= 4 is 33.9 Å². The highest BCUT2D eigenvalue weighted by molar-refractivity contribution is 7.90. The standard InChI is InChI=1S/C19H21N5O6S/c1-19(2,3)21-16(25)10-11-23(20-12-13-8-9-17(30-13)24(26)27)18-14-6-4-5-7-15(14)31(28,29)22-18/h4-9,12H,10-11H2,1-3H3,(H,21,25)/b20-12-. The highest BCUT2D eigenvalue weighted by Crippen LogP contribution is 2.27. The van der Waals surface area contributed by atoms with E-state index < -0.39 is 26.4 Å². The molecule has 31 heavy (non-hydrogen) atoms. The maximum absolute atomic E-state index is 12.4. The normalized spacial score (nSPS) is 14.9. The monoisotopic (exact) mass is 447 g/mol. The van der Waals surface area contributed by atoms with Gasteiger partial charge in [0.05, 0.1) is 18.8 Å². The Kier molecular flexibility index (Phi) is 5.93. The van der Waals surface area contributed by atoms with Crippen LogP contribution in [0.3, 0.4) is 0 Å². The number of sulfonamides is 1. The highest BCUT2D eigenvalue weighted by atomic mass is 32.2. The van der Waals surface area contributed by atoms with E-state index in [9.17, 15) is 23.3 Å². The Morgan fingerprint density at radius 3 is 2.65 bits per heavy atom. The number of furan rings is 1. The van der Waals surface area contributed by atoms with Crippen LogP contribution in [0.4, 0.5) is 5.88 Å². The van der Waals surface area contributed by atoms with Crippen LogP contribution in [0.2, 0.25) is 0 Å². The number of hydrazone groups is 1. The molecule has 0 radical (unpaired) electrons. The van der Waals surface area contributed by atoms with Gasteiger partial charge in [0.25, 0.3) is 10.0 Å². The van der Waals surface area contributed by atoms with Crippen molar-refractivity contribution in [1.29, 1.82) is 0 Å². The van der Waals surface area contributed by atoms with Crippen LogP contribution in [-0.4, -0.2) is 48.4 Å². The summed E-state index contributed by atoms with van der Waals surface area (Å²) in [6.45, 7) is 5.54. The lowest BCUT2D eigenvalue weighted by molar-refractivity contribution is -0.402. The van der Waals surface area contributed by atoms with Crippen molar-refractivity contribution in [2.24, 2.45) is 9.50 Å². The summed E-state index contributed by atoms with van der Waals surface area (Å²) in [4.78, 5) is 22.4. The third-order valence-corrected chi connectivity index (χ3v) is 5.36. The fourth-order valence-corrected chi connectivity index (χ4v) is 4.02. The van der Waals surface area contributed by atoms with E-state index in [1.165, 1.54) is 29.4 Å². The van der Waals surface area contributed by atoms with Crippen molar-refractivity contribution in [2.75, 3.05) is 6.54 Å². The molecule has 0 atom stereocenters. The Hall–Kier alpha value is -3.54. The average molecular weight is 447 g/mol. The predicted molar refractivity (Wildman–Crippen MR) is 112 cm³/mol. The van der Waals surface area contributed by atoms with E-state index in [0.717, 1.165) is 0 Å². The summed E-state index contributed by atoms with van der Waals surface area (Å²) in [6, 6.07) is 8.81. The molecule has 164 valence electrons. The van der Waals surface area contributed by atoms with Crippen LogP contribution in [0, 0.1) is 10.1 Å². The molecule has 0 saturated carbocycles. The highest BCUT2D eigenvalue weighted by Gasteiger charge is 2.32. The molecule has 1 aliphatic heterocycles. The maximum Gasteiger partial charge on any atom is 0.433 e. The van der Waals surface area contributed by atoms with Crippen LogP contribution >= 0.6 is 0 Å². The minimum Gasteiger partial charge on any atom is -0.400 e. The lowest BCUT2D eigenvalue weighted by Crippen LogP contribution is -2.42. The number of amides is 1. The first-order valence-corrected chi connectivity index (χ1v) is 10.7. The minimum absolute atomic E-state index is 0.00808. The van der Waals surface area contributed by atoms with Gasteiger partial charge in [0.15, 0.2) is 11.6 Å². The van der Waals surface area contributed by atoms with Crippen LogP contribution in [0.25, 0.3) is 0 Å². The van der Waals surface area contributed by atoms with Gasteiger partial charge in [0.2, 0.25) is 5.91 Å². The molecular weight excluding hydrogens is 426 g/mol. The summed E-state index contributed by atoms with van der Waals surface area (Å²) in [5.41, 5.74) is -0.0830. The number of amidine groups is 1. The molecule has 3 rings (SSSR count). The van der Waals surface area contributed by atoms with E-state index in [4.69, 9.17) is 4.42 Å². The van der Waals surface area contributed by atoms with E-state index in [2.05, 4.69) is 14.8 Å². The summed E-state index contributed by atoms with van der Waals surface area (Å²) in [5, 5.41) is 19.1. The smallest absolute Gasteiger partial charge is 0.400 e. The largest absolute Gasteiger partial charge is 0.433 e. The van der Waals surface area contributed by atoms with Gasteiger partial charge in [-0.05, 0) is 39.0 Å². The second-order valence-corrected chi connectivity index (χ2v) is 9.31. The van der Waals surface area contributed by atoms with Gasteiger partial charge in [-0.2, -0.15) is 13.5 Å². The first kappa shape index (κ1) is 22.2. The van der Waals surface area contributed by atoms with Crippen LogP contribution < -0.4 is 5.32 Å². The van der Waals surface area contributed by atoms with Crippen molar-refractivity contribution in [1.82, 2.24) is 10.3 Å². The van der Waals surface area contributed by atoms with E-state index >= 15 is 0 Å². The second-order valence-electron chi connectivity index (χ2n) is 7.74. The molecule has 1 aromatic heterocycles. The average Bonchev–Trinajstić information content (AvgIpc) is 3.24. The topological polar surface area (TPSA) is 147 Å². The van der Waals surface area contributed by atoms with Crippen molar-refractivity contribution in [3.63, 3.8) is 0 Å². The van der Waals surface area contributed by atoms with Gasteiger partial charge >= 0.3 is 5.88 Å². The summed E-state index contributed by atoms with van der Waals surface area (Å²) < 4.78 is 33.7. The van der Waals surface area contributed by atoms with Crippen molar-refractivity contribution in [3.8, 4) is 0 Å². The summed E-state index contributed by atoms with van der Waals surface area (Å²) in [5.74, 6) is -0.568. The second kappa shape index (κ2) is 8.30. The molecule has 0 fully saturated rings. The fraction of sp³-hybridized carbons (Fsp3) is 0.316. The lowest BCUT2D eigenvalue weighted by atomic mass is 10.1. The quantitative estimate of drug-likeness (QED) is 0.406. The number of benzene rings is 1. The molecule has 1 aromatic carbocycles. The number of nitrogens with zero attached hydrogens (tertiary/aromatic N) is 4. The van der Waals surface area contributed by atoms with Gasteiger partial charge in [-0.25, -0.2) is 5.01 Å². The molecule has 0 unspecified atom stereocenters. The predicted octanol–water partition coefficient (Wildman–Crippen LogP) is 2.28. The van der Waals surface area contributed by atoms with Crippen LogP contribution in [0.5, 0.6) is 0 Å². The molecule has 0 spiro atoms. The Morgan fingerprint density at radius 1 is 1.29 bits per heavy atom. The van der Waals surface area contributed by atoms with Gasteiger partial charge in [-0.3, -0.25) is 14.9 Å². The van der Waals surface area contributed by atoms with E-state index in [-0.39, 0.29) is 35.4 Å². The number of carbonyl (C=O) groups excluding carboxylic acids is 1. The third-order valence-electron chi connectivity index (χ3n) is 4.04. The molecule has 2 aromatic rings. The molecule has 0 bridgehead atoms. The van der Waals surface area contributed by atoms with Gasteiger partial charge in [0.1, 0.15) is 9.82 Å². The number of nitrogens with one attached hydrogen (secondary N) is 1. The van der Waals surface area contributed by atoms with Gasteiger partial charge in [0, 0.05) is 17.5 Å². The SMILES string of the molecule is CC(C)(C)NC(=O)CCN(/N=C\c1ccc([N+](=O)[O-])o1)C1=NS(=O)(=O)c2ccccc21. The lowest BCUT2D eigenvalue weighted by Gasteiger charge is -2.22. The third kappa shape index (κ3) is 5.34. The van der Waals surface area contributed by atoms with Crippen molar-refractivity contribution < 1.29 is 22.6 Å². The number of hydrogen-bond acceptors (Lipinski definition) is 8. The summed E-state index contributed by atoms with van der Waals surface area (Å²) in [6.07, 6.45) is 1.21. The summed E-state index contributed by atoms with van der Waals surface area (Å²) in [7, 11) is -3.90. The Balaban J connectivity index is 1.90. The minimum atomic E-state index is -3.90. The van der Waals surface area contributed by atoms with Gasteiger partial charge < -0.3 is 9.73 Å². The first-order valence-electron chi connectivity index (χ1n) is 9.27. The molecule has 11 nitrogen and oxygen atoms in total. The van der Waals surface area contributed by atoms with E-state index in [1.807, 2.05) is 20.8 Å². The van der Waals surface area contributed by atoms with Crippen LogP contribution in [0.1, 0.15) is 38.5 Å². The molecule has 12 heteroatoms. The molecule has 1 N–H and O–H groups in total. The molecule has 2 heterocycles. The molecule has 1 aliphatic rings. The van der Waals surface area contributed by atoms with Crippen LogP contribution in [-0.2, 0) is 14.8 Å². The Labute approximate surface area is 178 Å². The molecule has 0 saturated heterocycles.